The van der Waals surface area contributed by atoms with Gasteiger partial charge in [-0.15, -0.1) is 11.3 Å². The van der Waals surface area contributed by atoms with Crippen LogP contribution in [0.25, 0.3) is 11.5 Å². The zero-order valence-electron chi connectivity index (χ0n) is 13.7. The molecule has 0 saturated carbocycles. The van der Waals surface area contributed by atoms with E-state index in [9.17, 15) is 9.59 Å². The molecule has 2 aliphatic heterocycles. The van der Waals surface area contributed by atoms with E-state index in [1.165, 1.54) is 28.0 Å². The van der Waals surface area contributed by atoms with E-state index in [1.54, 1.807) is 6.92 Å². The average molecular weight is 411 g/mol. The van der Waals surface area contributed by atoms with Gasteiger partial charge in [-0.2, -0.15) is 4.98 Å². The molecule has 26 heavy (non-hydrogen) atoms. The highest BCUT2D eigenvalue weighted by molar-refractivity contribution is 8.23. The molecule has 2 amide bonds. The summed E-state index contributed by atoms with van der Waals surface area (Å²) in [5.41, 5.74) is 1.80. The van der Waals surface area contributed by atoms with Crippen LogP contribution in [-0.2, 0) is 27.4 Å². The van der Waals surface area contributed by atoms with Crippen molar-refractivity contribution in [2.24, 2.45) is 0 Å². The fraction of sp³-hybridized carbons (Fsp3) is 0.400. The Hall–Kier alpha value is -1.82. The molecule has 0 atom stereocenters. The molecule has 1 saturated heterocycles. The second kappa shape index (κ2) is 7.06. The molecular formula is C15H14N4O4S3. The lowest BCUT2D eigenvalue weighted by molar-refractivity contribution is -0.127. The van der Waals surface area contributed by atoms with E-state index in [-0.39, 0.29) is 24.1 Å². The van der Waals surface area contributed by atoms with Gasteiger partial charge in [0, 0.05) is 4.88 Å². The van der Waals surface area contributed by atoms with Crippen LogP contribution < -0.4 is 5.32 Å². The van der Waals surface area contributed by atoms with Gasteiger partial charge < -0.3 is 14.6 Å². The van der Waals surface area contributed by atoms with Crippen LogP contribution in [0.4, 0.5) is 5.00 Å². The maximum Gasteiger partial charge on any atom is 0.261 e. The molecule has 4 rings (SSSR count). The highest BCUT2D eigenvalue weighted by Crippen LogP contribution is 2.42. The van der Waals surface area contributed by atoms with Crippen molar-refractivity contribution < 1.29 is 18.8 Å². The Morgan fingerprint density at radius 3 is 3.00 bits per heavy atom. The molecule has 1 fully saturated rings. The van der Waals surface area contributed by atoms with Crippen molar-refractivity contribution in [2.45, 2.75) is 20.0 Å². The van der Waals surface area contributed by atoms with E-state index in [1.807, 2.05) is 0 Å². The first-order valence-corrected chi connectivity index (χ1v) is 10.0. The molecule has 0 spiro atoms. The zero-order valence-corrected chi connectivity index (χ0v) is 16.2. The number of aryl methyl sites for hydroxylation is 1. The molecule has 136 valence electrons. The third kappa shape index (κ3) is 3.27. The number of aromatic nitrogens is 2. The summed E-state index contributed by atoms with van der Waals surface area (Å²) >= 11 is 7.81. The molecule has 2 aliphatic rings. The average Bonchev–Trinajstić information content (AvgIpc) is 3.27. The van der Waals surface area contributed by atoms with Gasteiger partial charge in [0.2, 0.25) is 11.8 Å². The summed E-state index contributed by atoms with van der Waals surface area (Å²) in [5, 5.41) is 7.35. The molecule has 0 unspecified atom stereocenters. The number of thiocarbonyl (C=S) groups is 1. The number of thioether (sulfide) groups is 1. The topological polar surface area (TPSA) is 97.6 Å². The van der Waals surface area contributed by atoms with Crippen molar-refractivity contribution in [1.82, 2.24) is 15.0 Å². The number of fused-ring (bicyclic) bond motifs is 1. The number of nitrogens with one attached hydrogen (secondary N) is 1. The molecule has 1 N–H and O–H groups in total. The molecule has 11 heteroatoms. The van der Waals surface area contributed by atoms with Gasteiger partial charge in [-0.25, -0.2) is 0 Å². The summed E-state index contributed by atoms with van der Waals surface area (Å²) in [5.74, 6) is 0.709. The van der Waals surface area contributed by atoms with Gasteiger partial charge in [0.05, 0.1) is 24.5 Å². The van der Waals surface area contributed by atoms with Crippen LogP contribution >= 0.6 is 35.3 Å². The number of hydrogen-bond donors (Lipinski definition) is 1. The van der Waals surface area contributed by atoms with Crippen molar-refractivity contribution in [2.75, 3.05) is 24.2 Å². The number of amides is 2. The number of anilines is 1. The molecule has 0 aliphatic carbocycles. The number of nitrogens with zero attached hydrogens (tertiary/aromatic N) is 3. The van der Waals surface area contributed by atoms with Crippen LogP contribution in [-0.4, -0.2) is 50.1 Å². The van der Waals surface area contributed by atoms with E-state index < -0.39 is 0 Å². The van der Waals surface area contributed by atoms with Crippen LogP contribution in [0.15, 0.2) is 4.52 Å². The summed E-state index contributed by atoms with van der Waals surface area (Å²) < 4.78 is 11.3. The van der Waals surface area contributed by atoms with Gasteiger partial charge in [-0.3, -0.25) is 14.5 Å². The quantitative estimate of drug-likeness (QED) is 0.764. The first-order valence-electron chi connectivity index (χ1n) is 7.83. The summed E-state index contributed by atoms with van der Waals surface area (Å²) in [4.78, 5) is 31.0. The van der Waals surface area contributed by atoms with Gasteiger partial charge in [-0.05, 0) is 18.9 Å². The largest absolute Gasteiger partial charge is 0.376 e. The number of carbonyl (C=O) groups excluding carboxylic acids is 2. The number of carbonyl (C=O) groups is 2. The third-order valence-electron chi connectivity index (χ3n) is 3.96. The standard InChI is InChI=1S/C15H14N4O4S3/c1-7-16-13(23-18-7)12-8-2-3-22-5-9(8)26-14(12)17-10(20)4-19-11(21)6-25-15(19)24/h2-6H2,1H3,(H,17,20). The third-order valence-corrected chi connectivity index (χ3v) is 6.51. The maximum atomic E-state index is 12.5. The highest BCUT2D eigenvalue weighted by atomic mass is 32.2. The van der Waals surface area contributed by atoms with Gasteiger partial charge in [0.15, 0.2) is 5.82 Å². The van der Waals surface area contributed by atoms with E-state index in [0.717, 1.165) is 16.0 Å². The monoisotopic (exact) mass is 410 g/mol. The Morgan fingerprint density at radius 1 is 1.46 bits per heavy atom. The van der Waals surface area contributed by atoms with Crippen LogP contribution in [0, 0.1) is 6.92 Å². The van der Waals surface area contributed by atoms with Crippen LogP contribution in [0.3, 0.4) is 0 Å². The first-order chi connectivity index (χ1) is 12.5. The molecule has 2 aromatic heterocycles. The predicted octanol–water partition coefficient (Wildman–Crippen LogP) is 1.98. The zero-order chi connectivity index (χ0) is 18.3. The second-order valence-electron chi connectivity index (χ2n) is 5.74. The number of ether oxygens (including phenoxy) is 1. The Morgan fingerprint density at radius 2 is 2.31 bits per heavy atom. The SMILES string of the molecule is Cc1noc(-c2c(NC(=O)CN3C(=O)CSC3=S)sc3c2CCOC3)n1. The number of thiophene rings is 1. The highest BCUT2D eigenvalue weighted by Gasteiger charge is 2.30. The fourth-order valence-corrected chi connectivity index (χ4v) is 5.05. The van der Waals surface area contributed by atoms with Crippen LogP contribution in [0.2, 0.25) is 0 Å². The fourth-order valence-electron chi connectivity index (χ4n) is 2.79. The summed E-state index contributed by atoms with van der Waals surface area (Å²) in [6.45, 7) is 2.73. The van der Waals surface area contributed by atoms with Crippen molar-refractivity contribution in [3.63, 3.8) is 0 Å². The minimum absolute atomic E-state index is 0.105. The maximum absolute atomic E-state index is 12.5. The van der Waals surface area contributed by atoms with Crippen LogP contribution in [0.1, 0.15) is 16.3 Å². The second-order valence-corrected chi connectivity index (χ2v) is 8.45. The predicted molar refractivity (Wildman–Crippen MR) is 101 cm³/mol. The van der Waals surface area contributed by atoms with Gasteiger partial charge in [0.1, 0.15) is 15.9 Å². The van der Waals surface area contributed by atoms with E-state index in [2.05, 4.69) is 15.5 Å². The van der Waals surface area contributed by atoms with Gasteiger partial charge in [0.25, 0.3) is 5.89 Å². The van der Waals surface area contributed by atoms with E-state index >= 15 is 0 Å². The molecule has 8 nitrogen and oxygen atoms in total. The van der Waals surface area contributed by atoms with Gasteiger partial charge in [-0.1, -0.05) is 29.1 Å². The molecule has 2 aromatic rings. The Labute approximate surface area is 162 Å². The van der Waals surface area contributed by atoms with Crippen molar-refractivity contribution in [3.8, 4) is 11.5 Å². The molecule has 0 radical (unpaired) electrons. The summed E-state index contributed by atoms with van der Waals surface area (Å²) in [6.07, 6.45) is 0.712. The van der Waals surface area contributed by atoms with Crippen molar-refractivity contribution >= 4 is 56.5 Å². The minimum Gasteiger partial charge on any atom is -0.376 e. The summed E-state index contributed by atoms with van der Waals surface area (Å²) in [7, 11) is 0. The van der Waals surface area contributed by atoms with E-state index in [4.69, 9.17) is 21.5 Å². The number of rotatable bonds is 4. The molecule has 0 bridgehead atoms. The smallest absolute Gasteiger partial charge is 0.261 e. The van der Waals surface area contributed by atoms with Crippen molar-refractivity contribution in [1.29, 1.82) is 0 Å². The van der Waals surface area contributed by atoms with Crippen molar-refractivity contribution in [3.05, 3.63) is 16.3 Å². The Kier molecular flexibility index (Phi) is 4.78. The van der Waals surface area contributed by atoms with Crippen LogP contribution in [0.5, 0.6) is 0 Å². The Balaban J connectivity index is 1.61. The van der Waals surface area contributed by atoms with E-state index in [0.29, 0.717) is 40.7 Å². The lowest BCUT2D eigenvalue weighted by Gasteiger charge is -2.14. The first kappa shape index (κ1) is 17.6. The number of hydrogen-bond acceptors (Lipinski definition) is 9. The normalized spacial score (nSPS) is 16.9. The summed E-state index contributed by atoms with van der Waals surface area (Å²) in [6, 6.07) is 0. The lowest BCUT2D eigenvalue weighted by Crippen LogP contribution is -2.36. The molecule has 0 aromatic carbocycles. The van der Waals surface area contributed by atoms with Gasteiger partial charge >= 0.3 is 0 Å². The molecular weight excluding hydrogens is 396 g/mol. The molecule has 4 heterocycles. The minimum atomic E-state index is -0.319. The lowest BCUT2D eigenvalue weighted by atomic mass is 10.1. The Bertz CT molecular complexity index is 891.